The molecule has 8 heteroatoms. The third kappa shape index (κ3) is 3.18. The van der Waals surface area contributed by atoms with E-state index in [9.17, 15) is 4.79 Å². The lowest BCUT2D eigenvalue weighted by Gasteiger charge is -2.00. The number of aromatic nitrogens is 4. The first kappa shape index (κ1) is 14.5. The van der Waals surface area contributed by atoms with Crippen LogP contribution in [-0.4, -0.2) is 25.9 Å². The molecule has 116 valence electrons. The summed E-state index contributed by atoms with van der Waals surface area (Å²) < 4.78 is 2.66. The van der Waals surface area contributed by atoms with E-state index < -0.39 is 0 Å². The average Bonchev–Trinajstić information content (AvgIpc) is 3.10. The molecule has 0 radical (unpaired) electrons. The second-order valence-electron chi connectivity index (χ2n) is 5.32. The standard InChI is InChI=1S/C15H12BrN5OS/c16-11-3-5-12(6-4-11)21-8-10(7-17-21)13(22)18-15-20-19-14(23-15)9-1-2-9/h3-9H,1-2H2,(H,18,20,22). The van der Waals surface area contributed by atoms with Crippen LogP contribution in [0.3, 0.4) is 0 Å². The summed E-state index contributed by atoms with van der Waals surface area (Å²) in [6.45, 7) is 0. The number of rotatable bonds is 4. The van der Waals surface area contributed by atoms with E-state index in [2.05, 4.69) is 36.5 Å². The van der Waals surface area contributed by atoms with Crippen molar-refractivity contribution in [2.45, 2.75) is 18.8 Å². The SMILES string of the molecule is O=C(Nc1nnc(C2CC2)s1)c1cnn(-c2ccc(Br)cc2)c1. The van der Waals surface area contributed by atoms with Crippen molar-refractivity contribution in [3.8, 4) is 5.69 Å². The third-order valence-corrected chi connectivity index (χ3v) is 5.05. The van der Waals surface area contributed by atoms with Crippen LogP contribution in [-0.2, 0) is 0 Å². The average molecular weight is 390 g/mol. The molecule has 23 heavy (non-hydrogen) atoms. The van der Waals surface area contributed by atoms with Crippen molar-refractivity contribution in [3.05, 3.63) is 51.7 Å². The third-order valence-electron chi connectivity index (χ3n) is 3.52. The van der Waals surface area contributed by atoms with Gasteiger partial charge in [-0.25, -0.2) is 4.68 Å². The zero-order valence-corrected chi connectivity index (χ0v) is 14.3. The monoisotopic (exact) mass is 389 g/mol. The maximum Gasteiger partial charge on any atom is 0.260 e. The van der Waals surface area contributed by atoms with Gasteiger partial charge in [0, 0.05) is 16.6 Å². The molecule has 6 nitrogen and oxygen atoms in total. The number of hydrogen-bond acceptors (Lipinski definition) is 5. The highest BCUT2D eigenvalue weighted by Gasteiger charge is 2.27. The molecule has 0 unspecified atom stereocenters. The molecule has 2 heterocycles. The minimum absolute atomic E-state index is 0.230. The highest BCUT2D eigenvalue weighted by molar-refractivity contribution is 9.10. The number of amides is 1. The molecule has 1 amide bonds. The van der Waals surface area contributed by atoms with Crippen LogP contribution in [0.5, 0.6) is 0 Å². The quantitative estimate of drug-likeness (QED) is 0.739. The number of anilines is 1. The maximum absolute atomic E-state index is 12.3. The molecular weight excluding hydrogens is 378 g/mol. The van der Waals surface area contributed by atoms with Gasteiger partial charge in [0.25, 0.3) is 5.91 Å². The predicted octanol–water partition coefficient (Wildman–Crippen LogP) is 3.62. The fraction of sp³-hybridized carbons (Fsp3) is 0.200. The Morgan fingerprint density at radius 1 is 1.26 bits per heavy atom. The van der Waals surface area contributed by atoms with Crippen molar-refractivity contribution in [2.75, 3.05) is 5.32 Å². The Morgan fingerprint density at radius 2 is 2.04 bits per heavy atom. The van der Waals surface area contributed by atoms with E-state index in [0.717, 1.165) is 15.2 Å². The van der Waals surface area contributed by atoms with Crippen molar-refractivity contribution in [3.63, 3.8) is 0 Å². The zero-order valence-electron chi connectivity index (χ0n) is 11.9. The van der Waals surface area contributed by atoms with Crippen LogP contribution in [0.4, 0.5) is 5.13 Å². The van der Waals surface area contributed by atoms with Gasteiger partial charge >= 0.3 is 0 Å². The number of halogens is 1. The summed E-state index contributed by atoms with van der Waals surface area (Å²) in [5.41, 5.74) is 1.37. The minimum Gasteiger partial charge on any atom is -0.296 e. The smallest absolute Gasteiger partial charge is 0.260 e. The molecule has 0 saturated heterocycles. The molecule has 4 rings (SSSR count). The number of benzene rings is 1. The minimum atomic E-state index is -0.230. The van der Waals surface area contributed by atoms with Crippen LogP contribution in [0.1, 0.15) is 34.1 Å². The van der Waals surface area contributed by atoms with Gasteiger partial charge in [-0.2, -0.15) is 5.10 Å². The van der Waals surface area contributed by atoms with E-state index in [0.29, 0.717) is 16.6 Å². The molecule has 0 spiro atoms. The van der Waals surface area contributed by atoms with E-state index in [4.69, 9.17) is 0 Å². The fourth-order valence-electron chi connectivity index (χ4n) is 2.12. The van der Waals surface area contributed by atoms with Crippen LogP contribution in [0.15, 0.2) is 41.1 Å². The van der Waals surface area contributed by atoms with Crippen LogP contribution >= 0.6 is 27.3 Å². The van der Waals surface area contributed by atoms with Gasteiger partial charge in [0.05, 0.1) is 17.4 Å². The van der Waals surface area contributed by atoms with E-state index in [-0.39, 0.29) is 5.91 Å². The van der Waals surface area contributed by atoms with Crippen molar-refractivity contribution in [2.24, 2.45) is 0 Å². The van der Waals surface area contributed by atoms with E-state index >= 15 is 0 Å². The molecule has 3 aromatic rings. The van der Waals surface area contributed by atoms with Crippen LogP contribution < -0.4 is 5.32 Å². The highest BCUT2D eigenvalue weighted by Crippen LogP contribution is 2.42. The highest BCUT2D eigenvalue weighted by atomic mass is 79.9. The predicted molar refractivity (Wildman–Crippen MR) is 91.1 cm³/mol. The van der Waals surface area contributed by atoms with E-state index in [1.54, 1.807) is 17.1 Å². The molecular formula is C15H12BrN5OS. The first-order chi connectivity index (χ1) is 11.2. The Labute approximate surface area is 144 Å². The summed E-state index contributed by atoms with van der Waals surface area (Å²) in [7, 11) is 0. The van der Waals surface area contributed by atoms with Gasteiger partial charge in [0.2, 0.25) is 5.13 Å². The van der Waals surface area contributed by atoms with E-state index in [1.807, 2.05) is 24.3 Å². The summed E-state index contributed by atoms with van der Waals surface area (Å²) in [6, 6.07) is 7.70. The van der Waals surface area contributed by atoms with Crippen molar-refractivity contribution < 1.29 is 4.79 Å². The number of nitrogens with zero attached hydrogens (tertiary/aromatic N) is 4. The molecule has 2 aromatic heterocycles. The van der Waals surface area contributed by atoms with Crippen molar-refractivity contribution >= 4 is 38.3 Å². The van der Waals surface area contributed by atoms with Crippen LogP contribution in [0.2, 0.25) is 0 Å². The molecule has 1 saturated carbocycles. The molecule has 0 aliphatic heterocycles. The second-order valence-corrected chi connectivity index (χ2v) is 7.25. The van der Waals surface area contributed by atoms with Crippen molar-refractivity contribution in [1.82, 2.24) is 20.0 Å². The number of nitrogens with one attached hydrogen (secondary N) is 1. The summed E-state index contributed by atoms with van der Waals surface area (Å²) >= 11 is 4.84. The van der Waals surface area contributed by atoms with Gasteiger partial charge in [-0.3, -0.25) is 10.1 Å². The largest absolute Gasteiger partial charge is 0.296 e. The van der Waals surface area contributed by atoms with Crippen LogP contribution in [0.25, 0.3) is 5.69 Å². The van der Waals surface area contributed by atoms with Crippen LogP contribution in [0, 0.1) is 0 Å². The lowest BCUT2D eigenvalue weighted by Crippen LogP contribution is -2.10. The number of carbonyl (C=O) groups excluding carboxylic acids is 1. The maximum atomic E-state index is 12.3. The Hall–Kier alpha value is -2.06. The second kappa shape index (κ2) is 5.86. The van der Waals surface area contributed by atoms with Gasteiger partial charge in [0.15, 0.2) is 0 Å². The summed E-state index contributed by atoms with van der Waals surface area (Å²) in [5.74, 6) is 0.310. The molecule has 1 fully saturated rings. The summed E-state index contributed by atoms with van der Waals surface area (Å²) in [4.78, 5) is 12.3. The lowest BCUT2D eigenvalue weighted by atomic mass is 10.3. The molecule has 1 N–H and O–H groups in total. The summed E-state index contributed by atoms with van der Waals surface area (Å²) in [5, 5.41) is 16.7. The molecule has 0 atom stereocenters. The summed E-state index contributed by atoms with van der Waals surface area (Å²) in [6.07, 6.45) is 5.58. The van der Waals surface area contributed by atoms with Crippen molar-refractivity contribution in [1.29, 1.82) is 0 Å². The van der Waals surface area contributed by atoms with Gasteiger partial charge in [-0.15, -0.1) is 10.2 Å². The molecule has 1 aromatic carbocycles. The Bertz CT molecular complexity index is 853. The molecule has 1 aliphatic rings. The first-order valence-electron chi connectivity index (χ1n) is 7.14. The first-order valence-corrected chi connectivity index (χ1v) is 8.75. The lowest BCUT2D eigenvalue weighted by molar-refractivity contribution is 0.102. The van der Waals surface area contributed by atoms with Gasteiger partial charge in [-0.05, 0) is 37.1 Å². The Balaban J connectivity index is 1.48. The Kier molecular flexibility index (Phi) is 3.70. The fourth-order valence-corrected chi connectivity index (χ4v) is 3.30. The molecule has 1 aliphatic carbocycles. The Morgan fingerprint density at radius 3 is 2.78 bits per heavy atom. The van der Waals surface area contributed by atoms with E-state index in [1.165, 1.54) is 24.2 Å². The van der Waals surface area contributed by atoms with Gasteiger partial charge in [0.1, 0.15) is 5.01 Å². The zero-order chi connectivity index (χ0) is 15.8. The number of carbonyl (C=O) groups is 1. The number of hydrogen-bond donors (Lipinski definition) is 1. The van der Waals surface area contributed by atoms with Gasteiger partial charge < -0.3 is 0 Å². The topological polar surface area (TPSA) is 72.7 Å². The normalized spacial score (nSPS) is 14.0. The van der Waals surface area contributed by atoms with Gasteiger partial charge in [-0.1, -0.05) is 27.3 Å². The molecule has 0 bridgehead atoms.